The molecular weight excluding hydrogens is 388 g/mol. The summed E-state index contributed by atoms with van der Waals surface area (Å²) in [4.78, 5) is 19.7. The number of carbonyl (C=O) groups is 1. The van der Waals surface area contributed by atoms with Crippen LogP contribution in [0.4, 0.5) is 34.9 Å². The van der Waals surface area contributed by atoms with E-state index in [1.807, 2.05) is 0 Å². The maximum absolute atomic E-state index is 13.6. The van der Waals surface area contributed by atoms with Crippen LogP contribution in [0.1, 0.15) is 10.4 Å². The summed E-state index contributed by atoms with van der Waals surface area (Å²) in [5.74, 6) is -5.74. The topological polar surface area (TPSA) is 66.9 Å². The third-order valence-corrected chi connectivity index (χ3v) is 3.66. The van der Waals surface area contributed by atoms with E-state index in [0.29, 0.717) is 0 Å². The molecule has 27 heavy (non-hydrogen) atoms. The number of rotatable bonds is 4. The molecule has 3 aromatic rings. The standard InChI is InChI=1S/C17H9ClF4N4O/c18-10-5-9(1-2-11(10)19)25-16(27)8-6-23-17(24-7-8)26-13-4-3-12(20)14(21)15(13)22/h1-7H,(H,25,27)(H,23,24,26). The van der Waals surface area contributed by atoms with Gasteiger partial charge in [0.25, 0.3) is 5.91 Å². The number of benzene rings is 2. The molecule has 2 aromatic carbocycles. The lowest BCUT2D eigenvalue weighted by atomic mass is 10.2. The molecule has 0 unspecified atom stereocenters. The lowest BCUT2D eigenvalue weighted by Crippen LogP contribution is -2.13. The highest BCUT2D eigenvalue weighted by Gasteiger charge is 2.15. The summed E-state index contributed by atoms with van der Waals surface area (Å²) >= 11 is 5.63. The second-order valence-electron chi connectivity index (χ2n) is 5.23. The third kappa shape index (κ3) is 4.14. The van der Waals surface area contributed by atoms with Gasteiger partial charge in [-0.15, -0.1) is 0 Å². The zero-order chi connectivity index (χ0) is 19.6. The van der Waals surface area contributed by atoms with Crippen LogP contribution >= 0.6 is 11.6 Å². The first-order valence-electron chi connectivity index (χ1n) is 7.34. The van der Waals surface area contributed by atoms with Crippen LogP contribution in [0.5, 0.6) is 0 Å². The van der Waals surface area contributed by atoms with Crippen LogP contribution < -0.4 is 10.6 Å². The molecule has 0 aliphatic heterocycles. The Balaban J connectivity index is 1.72. The number of halogens is 5. The molecule has 2 N–H and O–H groups in total. The summed E-state index contributed by atoms with van der Waals surface area (Å²) in [6.45, 7) is 0. The van der Waals surface area contributed by atoms with Crippen LogP contribution in [0.2, 0.25) is 5.02 Å². The summed E-state index contributed by atoms with van der Waals surface area (Å²) in [5, 5.41) is 4.70. The molecule has 1 aromatic heterocycles. The molecular formula is C17H9ClF4N4O. The van der Waals surface area contributed by atoms with Crippen molar-refractivity contribution in [1.29, 1.82) is 0 Å². The first-order valence-corrected chi connectivity index (χ1v) is 7.72. The zero-order valence-electron chi connectivity index (χ0n) is 13.2. The average molecular weight is 397 g/mol. The molecule has 0 atom stereocenters. The summed E-state index contributed by atoms with van der Waals surface area (Å²) in [5.41, 5.74) is -0.0590. The largest absolute Gasteiger partial charge is 0.322 e. The van der Waals surface area contributed by atoms with Crippen molar-refractivity contribution in [3.05, 3.63) is 76.6 Å². The fourth-order valence-electron chi connectivity index (χ4n) is 2.03. The van der Waals surface area contributed by atoms with Gasteiger partial charge in [0.15, 0.2) is 17.5 Å². The van der Waals surface area contributed by atoms with Crippen molar-refractivity contribution in [2.24, 2.45) is 0 Å². The molecule has 5 nitrogen and oxygen atoms in total. The number of nitrogens with zero attached hydrogens (tertiary/aromatic N) is 2. The molecule has 1 amide bonds. The molecule has 3 rings (SSSR count). The fraction of sp³-hybridized carbons (Fsp3) is 0. The van der Waals surface area contributed by atoms with Crippen LogP contribution in [0.15, 0.2) is 42.7 Å². The van der Waals surface area contributed by atoms with E-state index < -0.39 is 29.2 Å². The molecule has 138 valence electrons. The summed E-state index contributed by atoms with van der Waals surface area (Å²) in [6, 6.07) is 5.38. The molecule has 0 spiro atoms. The lowest BCUT2D eigenvalue weighted by Gasteiger charge is -2.08. The van der Waals surface area contributed by atoms with E-state index in [-0.39, 0.29) is 27.9 Å². The SMILES string of the molecule is O=C(Nc1ccc(F)c(Cl)c1)c1cnc(Nc2ccc(F)c(F)c2F)nc1. The van der Waals surface area contributed by atoms with Crippen LogP contribution in [0, 0.1) is 23.3 Å². The molecule has 0 aliphatic carbocycles. The Morgan fingerprint density at radius 1 is 0.926 bits per heavy atom. The number of hydrogen-bond acceptors (Lipinski definition) is 4. The van der Waals surface area contributed by atoms with E-state index in [1.165, 1.54) is 12.1 Å². The van der Waals surface area contributed by atoms with Crippen LogP contribution in [-0.2, 0) is 0 Å². The maximum Gasteiger partial charge on any atom is 0.258 e. The lowest BCUT2D eigenvalue weighted by molar-refractivity contribution is 0.102. The van der Waals surface area contributed by atoms with E-state index in [2.05, 4.69) is 20.6 Å². The molecule has 10 heteroatoms. The number of anilines is 3. The minimum absolute atomic E-state index is 0.0479. The van der Waals surface area contributed by atoms with Gasteiger partial charge < -0.3 is 10.6 Å². The van der Waals surface area contributed by atoms with Gasteiger partial charge in [-0.3, -0.25) is 4.79 Å². The van der Waals surface area contributed by atoms with Crippen molar-refractivity contribution in [3.63, 3.8) is 0 Å². The third-order valence-electron chi connectivity index (χ3n) is 3.37. The number of nitrogens with one attached hydrogen (secondary N) is 2. The molecule has 0 aliphatic rings. The van der Waals surface area contributed by atoms with Gasteiger partial charge in [0.05, 0.1) is 16.3 Å². The van der Waals surface area contributed by atoms with Crippen molar-refractivity contribution in [2.75, 3.05) is 10.6 Å². The number of amides is 1. The van der Waals surface area contributed by atoms with E-state index in [9.17, 15) is 22.4 Å². The Bertz CT molecular complexity index is 1010. The Hall–Kier alpha value is -3.20. The Morgan fingerprint density at radius 2 is 1.59 bits per heavy atom. The zero-order valence-corrected chi connectivity index (χ0v) is 14.0. The molecule has 0 radical (unpaired) electrons. The van der Waals surface area contributed by atoms with E-state index in [0.717, 1.165) is 30.6 Å². The van der Waals surface area contributed by atoms with Crippen molar-refractivity contribution >= 4 is 34.8 Å². The van der Waals surface area contributed by atoms with Crippen molar-refractivity contribution in [3.8, 4) is 0 Å². The Morgan fingerprint density at radius 3 is 2.26 bits per heavy atom. The normalized spacial score (nSPS) is 10.6. The smallest absolute Gasteiger partial charge is 0.258 e. The van der Waals surface area contributed by atoms with Crippen molar-refractivity contribution in [1.82, 2.24) is 9.97 Å². The predicted molar refractivity (Wildman–Crippen MR) is 91.0 cm³/mol. The highest BCUT2D eigenvalue weighted by atomic mass is 35.5. The molecule has 1 heterocycles. The van der Waals surface area contributed by atoms with E-state index in [4.69, 9.17) is 11.6 Å². The van der Waals surface area contributed by atoms with Crippen molar-refractivity contribution in [2.45, 2.75) is 0 Å². The van der Waals surface area contributed by atoms with Gasteiger partial charge in [-0.2, -0.15) is 0 Å². The highest BCUT2D eigenvalue weighted by molar-refractivity contribution is 6.31. The average Bonchev–Trinajstić information content (AvgIpc) is 2.66. The van der Waals surface area contributed by atoms with Gasteiger partial charge in [-0.05, 0) is 30.3 Å². The maximum atomic E-state index is 13.6. The second kappa shape index (κ2) is 7.58. The van der Waals surface area contributed by atoms with Crippen LogP contribution in [-0.4, -0.2) is 15.9 Å². The highest BCUT2D eigenvalue weighted by Crippen LogP contribution is 2.22. The summed E-state index contributed by atoms with van der Waals surface area (Å²) < 4.78 is 52.9. The minimum Gasteiger partial charge on any atom is -0.322 e. The Kier molecular flexibility index (Phi) is 5.22. The van der Waals surface area contributed by atoms with Crippen LogP contribution in [0.3, 0.4) is 0 Å². The Labute approximate surface area is 155 Å². The van der Waals surface area contributed by atoms with Gasteiger partial charge in [0.2, 0.25) is 5.95 Å². The monoisotopic (exact) mass is 396 g/mol. The van der Waals surface area contributed by atoms with E-state index >= 15 is 0 Å². The first kappa shape index (κ1) is 18.6. The molecule has 0 saturated carbocycles. The van der Waals surface area contributed by atoms with Gasteiger partial charge in [0.1, 0.15) is 5.82 Å². The fourth-order valence-corrected chi connectivity index (χ4v) is 2.21. The number of hydrogen-bond donors (Lipinski definition) is 2. The van der Waals surface area contributed by atoms with Gasteiger partial charge in [-0.25, -0.2) is 27.5 Å². The number of aromatic nitrogens is 2. The molecule has 0 saturated heterocycles. The van der Waals surface area contributed by atoms with E-state index in [1.54, 1.807) is 0 Å². The summed E-state index contributed by atoms with van der Waals surface area (Å²) in [6.07, 6.45) is 2.27. The van der Waals surface area contributed by atoms with Crippen LogP contribution in [0.25, 0.3) is 0 Å². The quantitative estimate of drug-likeness (QED) is 0.496. The van der Waals surface area contributed by atoms with Gasteiger partial charge >= 0.3 is 0 Å². The first-order chi connectivity index (χ1) is 12.8. The van der Waals surface area contributed by atoms with Gasteiger partial charge in [-0.1, -0.05) is 11.6 Å². The second-order valence-corrected chi connectivity index (χ2v) is 5.63. The molecule has 0 fully saturated rings. The van der Waals surface area contributed by atoms with Gasteiger partial charge in [0, 0.05) is 18.1 Å². The minimum atomic E-state index is -1.63. The van der Waals surface area contributed by atoms with Crippen molar-refractivity contribution < 1.29 is 22.4 Å². The molecule has 0 bridgehead atoms. The predicted octanol–water partition coefficient (Wildman–Crippen LogP) is 4.68. The number of carbonyl (C=O) groups excluding carboxylic acids is 1. The summed E-state index contributed by atoms with van der Waals surface area (Å²) in [7, 11) is 0.